The molecule has 2 unspecified atom stereocenters. The van der Waals surface area contributed by atoms with Crippen LogP contribution < -0.4 is 5.32 Å². The van der Waals surface area contributed by atoms with Gasteiger partial charge in [-0.1, -0.05) is 12.2 Å². The first-order valence-corrected chi connectivity index (χ1v) is 7.04. The minimum atomic E-state index is -0.837. The molecule has 1 fully saturated rings. The summed E-state index contributed by atoms with van der Waals surface area (Å²) in [6.07, 6.45) is 9.27. The van der Waals surface area contributed by atoms with Gasteiger partial charge < -0.3 is 15.0 Å². The Labute approximate surface area is 117 Å². The van der Waals surface area contributed by atoms with Crippen molar-refractivity contribution in [3.8, 4) is 0 Å². The van der Waals surface area contributed by atoms with Gasteiger partial charge in [-0.25, -0.2) is 0 Å². The quantitative estimate of drug-likeness (QED) is 0.825. The summed E-state index contributed by atoms with van der Waals surface area (Å²) in [5.41, 5.74) is 0.668. The average Bonchev–Trinajstić information content (AvgIpc) is 2.95. The van der Waals surface area contributed by atoms with E-state index < -0.39 is 11.9 Å². The van der Waals surface area contributed by atoms with Crippen LogP contribution in [0, 0.1) is 5.92 Å². The Morgan fingerprint density at radius 2 is 2.10 bits per heavy atom. The van der Waals surface area contributed by atoms with E-state index in [1.807, 2.05) is 22.9 Å². The van der Waals surface area contributed by atoms with E-state index >= 15 is 0 Å². The molecule has 5 heteroatoms. The highest BCUT2D eigenvalue weighted by Gasteiger charge is 2.27. The molecule has 2 N–H and O–H groups in total. The van der Waals surface area contributed by atoms with Gasteiger partial charge in [0.1, 0.15) is 5.69 Å². The van der Waals surface area contributed by atoms with Gasteiger partial charge in [0.15, 0.2) is 0 Å². The van der Waals surface area contributed by atoms with Crippen molar-refractivity contribution >= 4 is 11.9 Å². The molecule has 1 saturated carbocycles. The summed E-state index contributed by atoms with van der Waals surface area (Å²) < 4.78 is 2.03. The fraction of sp³-hybridized carbons (Fsp3) is 0.467. The summed E-state index contributed by atoms with van der Waals surface area (Å²) in [5.74, 6) is -1.45. The zero-order chi connectivity index (χ0) is 14.1. The van der Waals surface area contributed by atoms with E-state index in [1.54, 1.807) is 12.2 Å². The van der Waals surface area contributed by atoms with Gasteiger partial charge in [-0.15, -0.1) is 0 Å². The number of aromatic nitrogens is 1. The van der Waals surface area contributed by atoms with Gasteiger partial charge in [0.05, 0.1) is 5.92 Å². The van der Waals surface area contributed by atoms with Crippen LogP contribution in [0.5, 0.6) is 0 Å². The summed E-state index contributed by atoms with van der Waals surface area (Å²) in [5, 5.41) is 11.8. The third-order valence-electron chi connectivity index (χ3n) is 4.20. The molecule has 106 valence electrons. The third-order valence-corrected chi connectivity index (χ3v) is 4.20. The highest BCUT2D eigenvalue weighted by Crippen LogP contribution is 2.32. The molecule has 0 saturated heterocycles. The molecule has 0 bridgehead atoms. The van der Waals surface area contributed by atoms with Crippen molar-refractivity contribution in [3.05, 3.63) is 36.2 Å². The number of hydrogen-bond donors (Lipinski definition) is 2. The van der Waals surface area contributed by atoms with Crippen molar-refractivity contribution in [2.45, 2.75) is 37.8 Å². The average molecular weight is 274 g/mol. The molecule has 0 aliphatic heterocycles. The molecule has 1 aromatic heterocycles. The number of carboxylic acids is 1. The van der Waals surface area contributed by atoms with Crippen LogP contribution in [0.2, 0.25) is 0 Å². The van der Waals surface area contributed by atoms with Gasteiger partial charge >= 0.3 is 5.97 Å². The number of carbonyl (C=O) groups excluding carboxylic acids is 1. The van der Waals surface area contributed by atoms with Gasteiger partial charge in [0.25, 0.3) is 5.91 Å². The van der Waals surface area contributed by atoms with Crippen molar-refractivity contribution in [1.29, 1.82) is 0 Å². The van der Waals surface area contributed by atoms with Gasteiger partial charge in [0.2, 0.25) is 0 Å². The van der Waals surface area contributed by atoms with Crippen LogP contribution in [0.25, 0.3) is 0 Å². The topological polar surface area (TPSA) is 71.3 Å². The molecule has 0 spiro atoms. The fourth-order valence-electron chi connectivity index (χ4n) is 2.80. The maximum atomic E-state index is 12.3. The molecule has 1 amide bonds. The summed E-state index contributed by atoms with van der Waals surface area (Å²) in [6.45, 7) is 0. The second-order valence-corrected chi connectivity index (χ2v) is 5.53. The Morgan fingerprint density at radius 3 is 2.70 bits per heavy atom. The van der Waals surface area contributed by atoms with Crippen LogP contribution in [-0.2, 0) is 4.79 Å². The van der Waals surface area contributed by atoms with Crippen LogP contribution in [0.3, 0.4) is 0 Å². The molecule has 1 aromatic rings. The van der Waals surface area contributed by atoms with Crippen LogP contribution in [0.4, 0.5) is 0 Å². The summed E-state index contributed by atoms with van der Waals surface area (Å²) in [4.78, 5) is 23.2. The lowest BCUT2D eigenvalue weighted by Gasteiger charge is -2.29. The number of aliphatic carboxylic acids is 1. The summed E-state index contributed by atoms with van der Waals surface area (Å²) >= 11 is 0. The Bertz CT molecular complexity index is 557. The summed E-state index contributed by atoms with van der Waals surface area (Å²) in [7, 11) is 0. The van der Waals surface area contributed by atoms with E-state index in [4.69, 9.17) is 5.11 Å². The minimum absolute atomic E-state index is 0.123. The monoisotopic (exact) mass is 274 g/mol. The van der Waals surface area contributed by atoms with Crippen LogP contribution in [0.1, 0.15) is 42.2 Å². The van der Waals surface area contributed by atoms with E-state index in [0.29, 0.717) is 18.2 Å². The van der Waals surface area contributed by atoms with Gasteiger partial charge in [-0.05, 0) is 37.8 Å². The number of hydrogen-bond acceptors (Lipinski definition) is 2. The molecule has 2 aliphatic rings. The highest BCUT2D eigenvalue weighted by molar-refractivity contribution is 5.93. The Morgan fingerprint density at radius 1 is 1.30 bits per heavy atom. The first kappa shape index (κ1) is 13.0. The lowest BCUT2D eigenvalue weighted by molar-refractivity contribution is -0.140. The van der Waals surface area contributed by atoms with E-state index in [0.717, 1.165) is 12.8 Å². The Hall–Kier alpha value is -2.04. The smallest absolute Gasteiger partial charge is 0.310 e. The van der Waals surface area contributed by atoms with Crippen LogP contribution >= 0.6 is 0 Å². The zero-order valence-electron chi connectivity index (χ0n) is 11.2. The van der Waals surface area contributed by atoms with E-state index in [-0.39, 0.29) is 11.9 Å². The largest absolute Gasteiger partial charge is 0.481 e. The lowest BCUT2D eigenvalue weighted by atomic mass is 9.93. The predicted octanol–water partition coefficient (Wildman–Crippen LogP) is 1.97. The van der Waals surface area contributed by atoms with Crippen molar-refractivity contribution < 1.29 is 14.7 Å². The van der Waals surface area contributed by atoms with E-state index in [9.17, 15) is 9.59 Å². The molecule has 5 nitrogen and oxygen atoms in total. The molecular weight excluding hydrogens is 256 g/mol. The first-order valence-electron chi connectivity index (χ1n) is 7.04. The van der Waals surface area contributed by atoms with Crippen LogP contribution in [0.15, 0.2) is 30.5 Å². The van der Waals surface area contributed by atoms with Gasteiger partial charge in [0, 0.05) is 18.3 Å². The first-order chi connectivity index (χ1) is 9.65. The molecule has 0 aromatic carbocycles. The Balaban J connectivity index is 1.64. The molecule has 2 atom stereocenters. The van der Waals surface area contributed by atoms with Crippen molar-refractivity contribution in [2.24, 2.45) is 5.92 Å². The number of carbonyl (C=O) groups is 2. The SMILES string of the molecule is O=C(NC1C=CC(C(=O)O)C1)c1cccn1C1CCC1. The summed E-state index contributed by atoms with van der Waals surface area (Å²) in [6, 6.07) is 3.96. The molecule has 2 aliphatic carbocycles. The highest BCUT2D eigenvalue weighted by atomic mass is 16.4. The van der Waals surface area contributed by atoms with Gasteiger partial charge in [-0.2, -0.15) is 0 Å². The molecule has 1 heterocycles. The molecular formula is C15H18N2O3. The minimum Gasteiger partial charge on any atom is -0.481 e. The molecule has 0 radical (unpaired) electrons. The maximum Gasteiger partial charge on any atom is 0.310 e. The zero-order valence-corrected chi connectivity index (χ0v) is 11.2. The fourth-order valence-corrected chi connectivity index (χ4v) is 2.80. The molecule has 20 heavy (non-hydrogen) atoms. The third kappa shape index (κ3) is 2.35. The number of nitrogens with zero attached hydrogens (tertiary/aromatic N) is 1. The number of carboxylic acid groups (broad SMARTS) is 1. The van der Waals surface area contributed by atoms with Crippen LogP contribution in [-0.4, -0.2) is 27.6 Å². The second-order valence-electron chi connectivity index (χ2n) is 5.53. The normalized spacial score (nSPS) is 25.4. The maximum absolute atomic E-state index is 12.3. The van der Waals surface area contributed by atoms with Crippen molar-refractivity contribution in [2.75, 3.05) is 0 Å². The standard InChI is InChI=1S/C15H18N2O3/c18-14(16-11-7-6-10(9-11)15(19)20)13-5-2-8-17(13)12-3-1-4-12/h2,5-8,10-12H,1,3-4,9H2,(H,16,18)(H,19,20). The number of rotatable bonds is 4. The lowest BCUT2D eigenvalue weighted by Crippen LogP contribution is -2.35. The predicted molar refractivity (Wildman–Crippen MR) is 73.5 cm³/mol. The van der Waals surface area contributed by atoms with Crippen molar-refractivity contribution in [3.63, 3.8) is 0 Å². The number of amides is 1. The van der Waals surface area contributed by atoms with E-state index in [2.05, 4.69) is 5.32 Å². The Kier molecular flexibility index (Phi) is 3.34. The molecule has 3 rings (SSSR count). The second kappa shape index (κ2) is 5.15. The number of nitrogens with one attached hydrogen (secondary N) is 1. The van der Waals surface area contributed by atoms with Crippen molar-refractivity contribution in [1.82, 2.24) is 9.88 Å². The van der Waals surface area contributed by atoms with E-state index in [1.165, 1.54) is 6.42 Å². The van der Waals surface area contributed by atoms with Gasteiger partial charge in [-0.3, -0.25) is 9.59 Å².